The van der Waals surface area contributed by atoms with Gasteiger partial charge in [0, 0.05) is 29.4 Å². The number of hydrogen-bond acceptors (Lipinski definition) is 2. The molecule has 1 amide bonds. The summed E-state index contributed by atoms with van der Waals surface area (Å²) in [6.07, 6.45) is 1.40. The van der Waals surface area contributed by atoms with E-state index in [4.69, 9.17) is 0 Å². The number of thiophene rings is 1. The van der Waals surface area contributed by atoms with Gasteiger partial charge in [0.15, 0.2) is 0 Å². The van der Waals surface area contributed by atoms with Crippen LogP contribution in [0.2, 0.25) is 0 Å². The predicted octanol–water partition coefficient (Wildman–Crippen LogP) is 4.10. The first kappa shape index (κ1) is 14.3. The number of amides is 1. The molecule has 0 aliphatic carbocycles. The molecule has 0 spiro atoms. The fourth-order valence-corrected chi connectivity index (χ4v) is 2.97. The molecule has 0 N–H and O–H groups in total. The number of benzene rings is 1. The van der Waals surface area contributed by atoms with E-state index in [-0.39, 0.29) is 5.91 Å². The third-order valence-corrected chi connectivity index (χ3v) is 4.67. The van der Waals surface area contributed by atoms with Crippen molar-refractivity contribution in [3.8, 4) is 0 Å². The average molecular weight is 338 g/mol. The first-order chi connectivity index (χ1) is 9.16. The molecule has 0 saturated carbocycles. The lowest BCUT2D eigenvalue weighted by Gasteiger charge is -2.18. The number of hydrogen-bond donors (Lipinski definition) is 0. The Balaban J connectivity index is 1.87. The molecule has 0 saturated heterocycles. The van der Waals surface area contributed by atoms with Crippen LogP contribution >= 0.6 is 27.3 Å². The summed E-state index contributed by atoms with van der Waals surface area (Å²) >= 11 is 5.21. The molecule has 0 fully saturated rings. The third kappa shape index (κ3) is 4.18. The zero-order valence-corrected chi connectivity index (χ0v) is 13.2. The van der Waals surface area contributed by atoms with E-state index in [1.165, 1.54) is 4.88 Å². The maximum absolute atomic E-state index is 12.1. The number of halogens is 1. The first-order valence-corrected chi connectivity index (χ1v) is 7.84. The molecule has 4 heteroatoms. The smallest absolute Gasteiger partial charge is 0.222 e. The minimum atomic E-state index is 0.184. The van der Waals surface area contributed by atoms with Crippen molar-refractivity contribution in [2.75, 3.05) is 7.05 Å². The fraction of sp³-hybridized carbons (Fsp3) is 0.267. The van der Waals surface area contributed by atoms with Gasteiger partial charge in [0.05, 0.1) is 0 Å². The van der Waals surface area contributed by atoms with Crippen LogP contribution in [0.3, 0.4) is 0 Å². The summed E-state index contributed by atoms with van der Waals surface area (Å²) in [4.78, 5) is 15.1. The second kappa shape index (κ2) is 6.87. The van der Waals surface area contributed by atoms with E-state index in [1.807, 2.05) is 42.8 Å². The SMILES string of the molecule is CN(Cc1ccccc1Br)C(=O)CCc1cccs1. The lowest BCUT2D eigenvalue weighted by molar-refractivity contribution is -0.130. The average Bonchev–Trinajstić information content (AvgIpc) is 2.91. The molecular formula is C15H16BrNOS. The molecule has 1 heterocycles. The zero-order valence-electron chi connectivity index (χ0n) is 10.8. The van der Waals surface area contributed by atoms with Crippen LogP contribution in [0, 0.1) is 0 Å². The molecule has 19 heavy (non-hydrogen) atoms. The van der Waals surface area contributed by atoms with Crippen LogP contribution in [0.5, 0.6) is 0 Å². The predicted molar refractivity (Wildman–Crippen MR) is 83.3 cm³/mol. The van der Waals surface area contributed by atoms with E-state index in [2.05, 4.69) is 22.0 Å². The van der Waals surface area contributed by atoms with Crippen LogP contribution in [0.25, 0.3) is 0 Å². The van der Waals surface area contributed by atoms with E-state index in [0.29, 0.717) is 13.0 Å². The Hall–Kier alpha value is -1.13. The van der Waals surface area contributed by atoms with Gasteiger partial charge in [-0.3, -0.25) is 4.79 Å². The summed E-state index contributed by atoms with van der Waals surface area (Å²) in [5, 5.41) is 2.05. The Morgan fingerprint density at radius 1 is 1.26 bits per heavy atom. The van der Waals surface area contributed by atoms with Gasteiger partial charge in [0.1, 0.15) is 0 Å². The van der Waals surface area contributed by atoms with Gasteiger partial charge in [-0.15, -0.1) is 11.3 Å². The first-order valence-electron chi connectivity index (χ1n) is 6.16. The number of aryl methyl sites for hydroxylation is 1. The summed E-state index contributed by atoms with van der Waals surface area (Å²) in [5.74, 6) is 0.184. The molecule has 1 aromatic heterocycles. The minimum absolute atomic E-state index is 0.184. The molecule has 0 unspecified atom stereocenters. The Bertz CT molecular complexity index is 539. The molecule has 0 atom stereocenters. The maximum atomic E-state index is 12.1. The Labute approximate surface area is 126 Å². The number of carbonyl (C=O) groups is 1. The highest BCUT2D eigenvalue weighted by molar-refractivity contribution is 9.10. The second-order valence-corrected chi connectivity index (χ2v) is 6.31. The van der Waals surface area contributed by atoms with Crippen molar-refractivity contribution in [2.24, 2.45) is 0 Å². The van der Waals surface area contributed by atoms with E-state index >= 15 is 0 Å². The van der Waals surface area contributed by atoms with Crippen molar-refractivity contribution >= 4 is 33.2 Å². The highest BCUT2D eigenvalue weighted by atomic mass is 79.9. The normalized spacial score (nSPS) is 10.4. The standard InChI is InChI=1S/C15H16BrNOS/c1-17(11-12-5-2-3-7-14(12)16)15(18)9-8-13-6-4-10-19-13/h2-7,10H,8-9,11H2,1H3. The summed E-state index contributed by atoms with van der Waals surface area (Å²) in [6, 6.07) is 12.1. The topological polar surface area (TPSA) is 20.3 Å². The van der Waals surface area contributed by atoms with Crippen LogP contribution < -0.4 is 0 Å². The summed E-state index contributed by atoms with van der Waals surface area (Å²) in [7, 11) is 1.86. The highest BCUT2D eigenvalue weighted by Crippen LogP contribution is 2.18. The fourth-order valence-electron chi connectivity index (χ4n) is 1.85. The van der Waals surface area contributed by atoms with E-state index in [1.54, 1.807) is 16.2 Å². The van der Waals surface area contributed by atoms with Crippen LogP contribution in [0.1, 0.15) is 16.9 Å². The quantitative estimate of drug-likeness (QED) is 0.804. The molecule has 100 valence electrons. The summed E-state index contributed by atoms with van der Waals surface area (Å²) in [6.45, 7) is 0.644. The van der Waals surface area contributed by atoms with E-state index in [0.717, 1.165) is 16.5 Å². The second-order valence-electron chi connectivity index (χ2n) is 4.42. The lowest BCUT2D eigenvalue weighted by Crippen LogP contribution is -2.26. The summed E-state index contributed by atoms with van der Waals surface area (Å²) < 4.78 is 1.05. The molecule has 0 aliphatic heterocycles. The van der Waals surface area contributed by atoms with Crippen molar-refractivity contribution < 1.29 is 4.79 Å². The molecule has 0 radical (unpaired) electrons. The molecule has 0 bridgehead atoms. The van der Waals surface area contributed by atoms with Crippen LogP contribution in [-0.2, 0) is 17.8 Å². The molecule has 2 aromatic rings. The molecule has 1 aromatic carbocycles. The monoisotopic (exact) mass is 337 g/mol. The zero-order chi connectivity index (χ0) is 13.7. The number of carbonyl (C=O) groups excluding carboxylic acids is 1. The van der Waals surface area contributed by atoms with Gasteiger partial charge in [0.25, 0.3) is 0 Å². The van der Waals surface area contributed by atoms with Crippen molar-refractivity contribution in [3.05, 3.63) is 56.7 Å². The van der Waals surface area contributed by atoms with Gasteiger partial charge < -0.3 is 4.90 Å². The van der Waals surface area contributed by atoms with E-state index in [9.17, 15) is 4.79 Å². The molecular weight excluding hydrogens is 322 g/mol. The van der Waals surface area contributed by atoms with Crippen LogP contribution in [-0.4, -0.2) is 17.9 Å². The minimum Gasteiger partial charge on any atom is -0.341 e. The van der Waals surface area contributed by atoms with Gasteiger partial charge in [-0.25, -0.2) is 0 Å². The van der Waals surface area contributed by atoms with Gasteiger partial charge in [-0.2, -0.15) is 0 Å². The Morgan fingerprint density at radius 3 is 2.74 bits per heavy atom. The van der Waals surface area contributed by atoms with Crippen LogP contribution in [0.15, 0.2) is 46.3 Å². The van der Waals surface area contributed by atoms with Crippen molar-refractivity contribution in [3.63, 3.8) is 0 Å². The third-order valence-electron chi connectivity index (χ3n) is 2.96. The number of nitrogens with zero attached hydrogens (tertiary/aromatic N) is 1. The van der Waals surface area contributed by atoms with Gasteiger partial charge in [-0.05, 0) is 29.5 Å². The number of rotatable bonds is 5. The van der Waals surface area contributed by atoms with Crippen LogP contribution in [0.4, 0.5) is 0 Å². The highest BCUT2D eigenvalue weighted by Gasteiger charge is 2.11. The van der Waals surface area contributed by atoms with Gasteiger partial charge in [-0.1, -0.05) is 40.2 Å². The molecule has 2 nitrogen and oxygen atoms in total. The van der Waals surface area contributed by atoms with E-state index < -0.39 is 0 Å². The van der Waals surface area contributed by atoms with Crippen molar-refractivity contribution in [1.29, 1.82) is 0 Å². The maximum Gasteiger partial charge on any atom is 0.222 e. The Morgan fingerprint density at radius 2 is 2.05 bits per heavy atom. The molecule has 0 aliphatic rings. The molecule has 2 rings (SSSR count). The van der Waals surface area contributed by atoms with Crippen molar-refractivity contribution in [1.82, 2.24) is 4.90 Å². The summed E-state index contributed by atoms with van der Waals surface area (Å²) in [5.41, 5.74) is 1.13. The van der Waals surface area contributed by atoms with Crippen molar-refractivity contribution in [2.45, 2.75) is 19.4 Å². The lowest BCUT2D eigenvalue weighted by atomic mass is 10.2. The van der Waals surface area contributed by atoms with Gasteiger partial charge in [0.2, 0.25) is 5.91 Å². The van der Waals surface area contributed by atoms with Gasteiger partial charge >= 0.3 is 0 Å². The Kier molecular flexibility index (Phi) is 5.16. The largest absolute Gasteiger partial charge is 0.341 e.